The van der Waals surface area contributed by atoms with E-state index in [4.69, 9.17) is 33.2 Å². The molecular formula is C46H74O17. The van der Waals surface area contributed by atoms with Crippen molar-refractivity contribution < 1.29 is 83.9 Å². The van der Waals surface area contributed by atoms with Crippen LogP contribution >= 0.6 is 0 Å². The molecule has 5 aliphatic carbocycles. The minimum atomic E-state index is -1.75. The van der Waals surface area contributed by atoms with Crippen LogP contribution in [0.2, 0.25) is 0 Å². The predicted molar refractivity (Wildman–Crippen MR) is 218 cm³/mol. The van der Waals surface area contributed by atoms with Gasteiger partial charge in [0.2, 0.25) is 0 Å². The van der Waals surface area contributed by atoms with Gasteiger partial charge in [-0.2, -0.15) is 0 Å². The summed E-state index contributed by atoms with van der Waals surface area (Å²) in [6.07, 6.45) is -11.1. The molecular weight excluding hydrogens is 824 g/mol. The minimum Gasteiger partial charge on any atom is -0.394 e. The number of ether oxygens (including phenoxy) is 7. The number of carbonyl (C=O) groups is 1. The molecule has 5 saturated carbocycles. The Morgan fingerprint density at radius 2 is 1.33 bits per heavy atom. The topological polar surface area (TPSA) is 264 Å². The number of aliphatic hydroxyl groups excluding tert-OH is 9. The monoisotopic (exact) mass is 898 g/mol. The van der Waals surface area contributed by atoms with Crippen molar-refractivity contribution in [3.05, 3.63) is 0 Å². The van der Waals surface area contributed by atoms with Crippen molar-refractivity contribution in [1.82, 2.24) is 0 Å². The molecule has 4 aliphatic heterocycles. The van der Waals surface area contributed by atoms with Crippen LogP contribution in [0.5, 0.6) is 0 Å². The predicted octanol–water partition coefficient (Wildman–Crippen LogP) is 0.282. The van der Waals surface area contributed by atoms with Crippen LogP contribution in [-0.4, -0.2) is 176 Å². The lowest BCUT2D eigenvalue weighted by atomic mass is 9.30. The summed E-state index contributed by atoms with van der Waals surface area (Å²) in [5.74, 6) is 0.737. The normalized spacial score (nSPS) is 58.8. The van der Waals surface area contributed by atoms with Crippen LogP contribution in [0.1, 0.15) is 106 Å². The zero-order valence-corrected chi connectivity index (χ0v) is 37.7. The number of aliphatic hydroxyl groups is 9. The molecule has 0 amide bonds. The molecule has 4 heterocycles. The lowest BCUT2D eigenvalue weighted by molar-refractivity contribution is -0.378. The Balaban J connectivity index is 0.881. The van der Waals surface area contributed by atoms with Crippen molar-refractivity contribution in [2.75, 3.05) is 26.4 Å². The van der Waals surface area contributed by atoms with E-state index in [1.807, 2.05) is 0 Å². The van der Waals surface area contributed by atoms with E-state index in [2.05, 4.69) is 41.5 Å². The van der Waals surface area contributed by atoms with Gasteiger partial charge in [0.05, 0.1) is 44.2 Å². The highest BCUT2D eigenvalue weighted by Gasteiger charge is 2.80. The first-order chi connectivity index (χ1) is 29.6. The van der Waals surface area contributed by atoms with Crippen LogP contribution in [0.3, 0.4) is 0 Å². The van der Waals surface area contributed by atoms with Crippen molar-refractivity contribution in [2.45, 2.75) is 203 Å². The first-order valence-corrected chi connectivity index (χ1v) is 23.6. The van der Waals surface area contributed by atoms with Crippen LogP contribution in [-0.2, 0) is 38.0 Å². The second kappa shape index (κ2) is 16.1. The summed E-state index contributed by atoms with van der Waals surface area (Å²) in [6, 6.07) is 0. The lowest BCUT2D eigenvalue weighted by Gasteiger charge is -2.75. The average Bonchev–Trinajstić information content (AvgIpc) is 3.52. The maximum atomic E-state index is 12.5. The number of fused-ring (bicyclic) bond motifs is 4. The summed E-state index contributed by atoms with van der Waals surface area (Å²) in [7, 11) is 0. The molecule has 0 unspecified atom stereocenters. The van der Waals surface area contributed by atoms with Crippen LogP contribution in [0.4, 0.5) is 0 Å². The van der Waals surface area contributed by atoms with Crippen molar-refractivity contribution in [3.63, 3.8) is 0 Å². The van der Waals surface area contributed by atoms with E-state index < -0.39 is 110 Å². The molecule has 24 atom stereocenters. The van der Waals surface area contributed by atoms with Crippen LogP contribution in [0.25, 0.3) is 0 Å². The number of rotatable bonds is 8. The fourth-order valence-corrected chi connectivity index (χ4v) is 15.9. The average molecular weight is 899 g/mol. The third kappa shape index (κ3) is 6.71. The first kappa shape index (κ1) is 47.1. The Hall–Kier alpha value is -0.970. The molecule has 1 spiro atoms. The number of hydrogen-bond acceptors (Lipinski definition) is 17. The van der Waals surface area contributed by atoms with Gasteiger partial charge in [-0.1, -0.05) is 41.5 Å². The summed E-state index contributed by atoms with van der Waals surface area (Å²) in [6.45, 7) is 13.0. The molecule has 4 saturated heterocycles. The van der Waals surface area contributed by atoms with Gasteiger partial charge >= 0.3 is 0 Å². The summed E-state index contributed by atoms with van der Waals surface area (Å²) in [4.78, 5) is 12.5. The zero-order valence-electron chi connectivity index (χ0n) is 37.7. The molecule has 9 fully saturated rings. The fourth-order valence-electron chi connectivity index (χ4n) is 15.9. The summed E-state index contributed by atoms with van der Waals surface area (Å²) in [5.41, 5.74) is -1.95. The van der Waals surface area contributed by atoms with Gasteiger partial charge in [-0.05, 0) is 98.2 Å². The van der Waals surface area contributed by atoms with Crippen LogP contribution in [0.15, 0.2) is 0 Å². The van der Waals surface area contributed by atoms with Crippen molar-refractivity contribution >= 4 is 6.29 Å². The molecule has 2 bridgehead atoms. The Morgan fingerprint density at radius 1 is 0.651 bits per heavy atom. The SMILES string of the molecule is CC1(C)[C@@H](O[C@H]2OC[C@@H](O[C@@H]3O[C@H](CO)[C@@H](O)[C@H](O)[C@H]3O[C@@H]3OC[C@@H](O)[C@H](O)[C@H]3O)[C@@H](O)[C@@H]2O)CC[C@]2(C)[C@H]3CC[C@]45OC[C@@]6(CC[C@](C)(C=O)C[C@H]64)[C@H](O)C[C@@]5(C)[C@]3(C)CC[C@@H]12. The Morgan fingerprint density at radius 3 is 2.05 bits per heavy atom. The van der Waals surface area contributed by atoms with E-state index in [9.17, 15) is 50.8 Å². The van der Waals surface area contributed by atoms with Gasteiger partial charge in [0, 0.05) is 16.2 Å². The maximum Gasteiger partial charge on any atom is 0.187 e. The van der Waals surface area contributed by atoms with Gasteiger partial charge in [0.1, 0.15) is 67.3 Å². The number of carbonyl (C=O) groups excluding carboxylic acids is 1. The summed E-state index contributed by atoms with van der Waals surface area (Å²) in [5, 5.41) is 97.3. The minimum absolute atomic E-state index is 0.0623. The van der Waals surface area contributed by atoms with Gasteiger partial charge in [0.15, 0.2) is 18.9 Å². The third-order valence-corrected chi connectivity index (χ3v) is 19.8. The van der Waals surface area contributed by atoms with Crippen LogP contribution < -0.4 is 0 Å². The van der Waals surface area contributed by atoms with Gasteiger partial charge < -0.3 is 83.9 Å². The molecule has 0 radical (unpaired) electrons. The van der Waals surface area contributed by atoms with E-state index in [0.717, 1.165) is 57.7 Å². The zero-order chi connectivity index (χ0) is 45.4. The lowest BCUT2D eigenvalue weighted by Crippen LogP contribution is -2.74. The molecule has 0 aromatic rings. The Bertz CT molecular complexity index is 1700. The third-order valence-electron chi connectivity index (χ3n) is 19.8. The van der Waals surface area contributed by atoms with Gasteiger partial charge in [-0.3, -0.25) is 0 Å². The highest BCUT2D eigenvalue weighted by Crippen LogP contribution is 2.80. The second-order valence-corrected chi connectivity index (χ2v) is 23.0. The summed E-state index contributed by atoms with van der Waals surface area (Å²) >= 11 is 0. The van der Waals surface area contributed by atoms with Gasteiger partial charge in [-0.25, -0.2) is 0 Å². The van der Waals surface area contributed by atoms with E-state index >= 15 is 0 Å². The van der Waals surface area contributed by atoms with Gasteiger partial charge in [0.25, 0.3) is 0 Å². The smallest absolute Gasteiger partial charge is 0.187 e. The second-order valence-electron chi connectivity index (χ2n) is 23.0. The highest BCUT2D eigenvalue weighted by atomic mass is 16.8. The molecule has 17 nitrogen and oxygen atoms in total. The first-order valence-electron chi connectivity index (χ1n) is 23.6. The van der Waals surface area contributed by atoms with Gasteiger partial charge in [-0.15, -0.1) is 0 Å². The van der Waals surface area contributed by atoms with Crippen LogP contribution in [0, 0.1) is 50.2 Å². The maximum absolute atomic E-state index is 12.5. The molecule has 63 heavy (non-hydrogen) atoms. The highest BCUT2D eigenvalue weighted by molar-refractivity contribution is 5.59. The molecule has 360 valence electrons. The molecule has 9 rings (SSSR count). The van der Waals surface area contributed by atoms with E-state index in [1.165, 1.54) is 0 Å². The van der Waals surface area contributed by atoms with E-state index in [0.29, 0.717) is 25.4 Å². The molecule has 9 N–H and O–H groups in total. The van der Waals surface area contributed by atoms with Crippen molar-refractivity contribution in [1.29, 1.82) is 0 Å². The Labute approximate surface area is 369 Å². The standard InChI is InChI=1S/C46H74O17/c1-40(2)25-7-11-43(5)26(8-12-46-27-15-41(3,20-48)13-14-45(27,21-59-46)28(50)16-44(43,46)6)42(25,4)10-9-29(40)62-37-35(56)32(53)24(19-58-37)61-39-36(33(54)31(52)23(17-47)60-39)63-38-34(55)30(51)22(49)18-57-38/h20,22-39,47,49-56H,7-19,21H2,1-6H3/t22-,23-,24-,25+,26-,27-,28-,29+,30+,31-,32-,33+,34-,35+,36-,37-,38+,39+,41+,42+,43-,44+,45-,46+/m1/s1. The molecule has 0 aromatic carbocycles. The van der Waals surface area contributed by atoms with E-state index in [1.54, 1.807) is 0 Å². The molecule has 9 aliphatic rings. The molecule has 17 heteroatoms. The van der Waals surface area contributed by atoms with Crippen molar-refractivity contribution in [3.8, 4) is 0 Å². The Kier molecular flexibility index (Phi) is 12.0. The fraction of sp³-hybridized carbons (Fsp3) is 0.978. The summed E-state index contributed by atoms with van der Waals surface area (Å²) < 4.78 is 42.8. The largest absolute Gasteiger partial charge is 0.394 e. The number of hydrogen-bond donors (Lipinski definition) is 9. The number of aldehydes is 1. The van der Waals surface area contributed by atoms with E-state index in [-0.39, 0.29) is 51.6 Å². The quantitative estimate of drug-likeness (QED) is 0.117. The van der Waals surface area contributed by atoms with Crippen molar-refractivity contribution in [2.24, 2.45) is 50.2 Å². The molecule has 0 aromatic heterocycles.